The molecule has 0 saturated carbocycles. The van der Waals surface area contributed by atoms with Crippen LogP contribution in [0.4, 0.5) is 0 Å². The van der Waals surface area contributed by atoms with E-state index in [0.717, 1.165) is 21.2 Å². The average Bonchev–Trinajstić information content (AvgIpc) is 2.86. The van der Waals surface area contributed by atoms with Gasteiger partial charge in [0.2, 0.25) is 5.91 Å². The number of carbonyl (C=O) groups is 2. The summed E-state index contributed by atoms with van der Waals surface area (Å²) in [4.78, 5) is 28.6. The van der Waals surface area contributed by atoms with Gasteiger partial charge in [0.05, 0.1) is 0 Å². The molecule has 0 unspecified atom stereocenters. The van der Waals surface area contributed by atoms with Gasteiger partial charge in [-0.15, -0.1) is 0 Å². The summed E-state index contributed by atoms with van der Waals surface area (Å²) in [5.74, 6) is 0.519. The van der Waals surface area contributed by atoms with Gasteiger partial charge in [-0.1, -0.05) is 89.9 Å². The van der Waals surface area contributed by atoms with Gasteiger partial charge in [0, 0.05) is 24.0 Å². The highest BCUT2D eigenvalue weighted by Crippen LogP contribution is 2.18. The van der Waals surface area contributed by atoms with E-state index in [1.54, 1.807) is 4.90 Å². The van der Waals surface area contributed by atoms with Crippen LogP contribution < -0.4 is 10.1 Å². The Bertz CT molecular complexity index is 1080. The molecular weight excluding hydrogens is 504 g/mol. The fourth-order valence-corrected chi connectivity index (χ4v) is 3.89. The van der Waals surface area contributed by atoms with E-state index in [-0.39, 0.29) is 18.4 Å². The van der Waals surface area contributed by atoms with Crippen LogP contribution in [0.2, 0.25) is 0 Å². The molecule has 35 heavy (non-hydrogen) atoms. The van der Waals surface area contributed by atoms with Gasteiger partial charge in [0.25, 0.3) is 5.91 Å². The number of hydrogen-bond acceptors (Lipinski definition) is 3. The van der Waals surface area contributed by atoms with Crippen LogP contribution in [0.3, 0.4) is 0 Å². The van der Waals surface area contributed by atoms with Gasteiger partial charge in [0.1, 0.15) is 11.8 Å². The van der Waals surface area contributed by atoms with Gasteiger partial charge in [-0.3, -0.25) is 9.59 Å². The molecule has 0 radical (unpaired) electrons. The summed E-state index contributed by atoms with van der Waals surface area (Å²) in [6.45, 7) is 6.79. The predicted molar refractivity (Wildman–Crippen MR) is 143 cm³/mol. The highest BCUT2D eigenvalue weighted by molar-refractivity contribution is 9.10. The van der Waals surface area contributed by atoms with E-state index in [1.165, 1.54) is 0 Å². The zero-order valence-corrected chi connectivity index (χ0v) is 22.1. The van der Waals surface area contributed by atoms with Crippen molar-refractivity contribution in [2.75, 3.05) is 13.2 Å². The van der Waals surface area contributed by atoms with Crippen LogP contribution in [-0.4, -0.2) is 35.9 Å². The first-order valence-electron chi connectivity index (χ1n) is 11.9. The maximum absolute atomic E-state index is 13.5. The normalized spacial score (nSPS) is 11.7. The van der Waals surface area contributed by atoms with Crippen LogP contribution in [0.15, 0.2) is 83.3 Å². The molecule has 0 bridgehead atoms. The lowest BCUT2D eigenvalue weighted by molar-refractivity contribution is -0.142. The minimum atomic E-state index is -0.672. The van der Waals surface area contributed by atoms with Crippen molar-refractivity contribution in [2.45, 2.75) is 39.8 Å². The number of nitrogens with zero attached hydrogens (tertiary/aromatic N) is 1. The van der Waals surface area contributed by atoms with Crippen molar-refractivity contribution < 1.29 is 14.3 Å². The summed E-state index contributed by atoms with van der Waals surface area (Å²) < 4.78 is 6.76. The number of benzene rings is 3. The Balaban J connectivity index is 1.88. The number of amides is 2. The highest BCUT2D eigenvalue weighted by atomic mass is 79.9. The second-order valence-electron chi connectivity index (χ2n) is 9.09. The Kier molecular flexibility index (Phi) is 9.91. The molecule has 0 aromatic heterocycles. The second kappa shape index (κ2) is 13.1. The fourth-order valence-electron chi connectivity index (χ4n) is 3.63. The van der Waals surface area contributed by atoms with E-state index in [9.17, 15) is 9.59 Å². The van der Waals surface area contributed by atoms with E-state index in [2.05, 4.69) is 21.2 Å². The fraction of sp³-hybridized carbons (Fsp3) is 0.310. The number of halogens is 1. The summed E-state index contributed by atoms with van der Waals surface area (Å²) in [5, 5.41) is 3.03. The zero-order valence-electron chi connectivity index (χ0n) is 20.5. The van der Waals surface area contributed by atoms with Crippen LogP contribution in [0.1, 0.15) is 30.5 Å². The number of ether oxygens (including phenoxy) is 1. The van der Waals surface area contributed by atoms with Crippen molar-refractivity contribution in [3.63, 3.8) is 0 Å². The molecule has 0 aliphatic carbocycles. The first-order chi connectivity index (χ1) is 16.8. The zero-order chi connectivity index (χ0) is 25.2. The average molecular weight is 537 g/mol. The maximum atomic E-state index is 13.5. The van der Waals surface area contributed by atoms with Gasteiger partial charge >= 0.3 is 0 Å². The third-order valence-electron chi connectivity index (χ3n) is 5.61. The Morgan fingerprint density at radius 2 is 1.57 bits per heavy atom. The Morgan fingerprint density at radius 1 is 0.914 bits per heavy atom. The summed E-state index contributed by atoms with van der Waals surface area (Å²) in [6.07, 6.45) is 0.414. The third-order valence-corrected chi connectivity index (χ3v) is 6.13. The quantitative estimate of drug-likeness (QED) is 0.349. The summed E-state index contributed by atoms with van der Waals surface area (Å²) in [6, 6.07) is 24.5. The molecule has 0 aliphatic heterocycles. The van der Waals surface area contributed by atoms with E-state index >= 15 is 0 Å². The molecule has 0 saturated heterocycles. The van der Waals surface area contributed by atoms with Crippen molar-refractivity contribution in [3.8, 4) is 5.75 Å². The molecule has 0 heterocycles. The van der Waals surface area contributed by atoms with E-state index in [0.29, 0.717) is 31.2 Å². The van der Waals surface area contributed by atoms with Crippen LogP contribution >= 0.6 is 15.9 Å². The molecule has 3 aromatic rings. The molecule has 6 heteroatoms. The summed E-state index contributed by atoms with van der Waals surface area (Å²) >= 11 is 3.46. The van der Waals surface area contributed by atoms with Crippen molar-refractivity contribution in [1.29, 1.82) is 0 Å². The Labute approximate surface area is 216 Å². The van der Waals surface area contributed by atoms with Gasteiger partial charge in [0.15, 0.2) is 6.61 Å². The first kappa shape index (κ1) is 26.5. The molecule has 5 nitrogen and oxygen atoms in total. The third kappa shape index (κ3) is 8.55. The predicted octanol–water partition coefficient (Wildman–Crippen LogP) is 5.55. The van der Waals surface area contributed by atoms with Gasteiger partial charge in [-0.2, -0.15) is 0 Å². The monoisotopic (exact) mass is 536 g/mol. The number of carbonyl (C=O) groups excluding carboxylic acids is 2. The van der Waals surface area contributed by atoms with Gasteiger partial charge in [-0.25, -0.2) is 0 Å². The van der Waals surface area contributed by atoms with E-state index in [1.807, 2.05) is 99.6 Å². The number of rotatable bonds is 11. The molecule has 0 fully saturated rings. The molecule has 184 valence electrons. The van der Waals surface area contributed by atoms with Crippen LogP contribution in [0, 0.1) is 12.8 Å². The molecular formula is C29H33BrN2O3. The lowest BCUT2D eigenvalue weighted by Crippen LogP contribution is -2.52. The van der Waals surface area contributed by atoms with Crippen LogP contribution in [0.25, 0.3) is 0 Å². The molecule has 3 rings (SSSR count). The number of aryl methyl sites for hydroxylation is 1. The standard InChI is InChI=1S/C29H33BrN2O3/c1-21(2)18-31-29(34)27(17-23-7-5-4-6-8-23)32(19-24-11-13-25(30)14-12-24)28(33)20-35-26-15-9-22(3)10-16-26/h4-16,21,27H,17-20H2,1-3H3,(H,31,34)/t27-/m1/s1. The van der Waals surface area contributed by atoms with Crippen LogP contribution in [0.5, 0.6) is 5.75 Å². The Morgan fingerprint density at radius 3 is 2.20 bits per heavy atom. The lowest BCUT2D eigenvalue weighted by atomic mass is 10.0. The molecule has 1 atom stereocenters. The molecule has 3 aromatic carbocycles. The summed E-state index contributed by atoms with van der Waals surface area (Å²) in [7, 11) is 0. The second-order valence-corrected chi connectivity index (χ2v) is 10.0. The Hall–Kier alpha value is -3.12. The molecule has 2 amide bonds. The van der Waals surface area contributed by atoms with Crippen molar-refractivity contribution in [1.82, 2.24) is 10.2 Å². The highest BCUT2D eigenvalue weighted by Gasteiger charge is 2.30. The SMILES string of the molecule is Cc1ccc(OCC(=O)N(Cc2ccc(Br)cc2)[C@H](Cc2ccccc2)C(=O)NCC(C)C)cc1. The molecule has 0 spiro atoms. The maximum Gasteiger partial charge on any atom is 0.261 e. The first-order valence-corrected chi connectivity index (χ1v) is 12.7. The molecule has 0 aliphatic rings. The summed E-state index contributed by atoms with van der Waals surface area (Å²) in [5.41, 5.74) is 3.04. The van der Waals surface area contributed by atoms with Gasteiger partial charge < -0.3 is 15.0 Å². The smallest absolute Gasteiger partial charge is 0.261 e. The van der Waals surface area contributed by atoms with Crippen LogP contribution in [-0.2, 0) is 22.6 Å². The van der Waals surface area contributed by atoms with Crippen molar-refractivity contribution >= 4 is 27.7 Å². The van der Waals surface area contributed by atoms with Crippen molar-refractivity contribution in [3.05, 3.63) is 100 Å². The minimum absolute atomic E-state index is 0.150. The van der Waals surface area contributed by atoms with E-state index in [4.69, 9.17) is 4.74 Å². The largest absolute Gasteiger partial charge is 0.484 e. The lowest BCUT2D eigenvalue weighted by Gasteiger charge is -2.31. The topological polar surface area (TPSA) is 58.6 Å². The van der Waals surface area contributed by atoms with Gasteiger partial charge in [-0.05, 0) is 48.2 Å². The number of nitrogens with one attached hydrogen (secondary N) is 1. The van der Waals surface area contributed by atoms with Crippen molar-refractivity contribution in [2.24, 2.45) is 5.92 Å². The molecule has 1 N–H and O–H groups in total. The van der Waals surface area contributed by atoms with E-state index < -0.39 is 6.04 Å². The minimum Gasteiger partial charge on any atom is -0.484 e. The number of hydrogen-bond donors (Lipinski definition) is 1.